The van der Waals surface area contributed by atoms with Crippen molar-refractivity contribution in [1.82, 2.24) is 10.2 Å². The lowest BCUT2D eigenvalue weighted by molar-refractivity contribution is -0.194. The number of carbonyl (C=O) groups excluding carboxylic acids is 1. The van der Waals surface area contributed by atoms with E-state index in [9.17, 15) is 9.90 Å². The molecule has 6 unspecified atom stereocenters. The average molecular weight is 617 g/mol. The summed E-state index contributed by atoms with van der Waals surface area (Å²) in [7, 11) is 3.53. The number of carbonyl (C=O) groups is 1. The highest BCUT2D eigenvalue weighted by atomic mass is 16.5. The van der Waals surface area contributed by atoms with Gasteiger partial charge in [0, 0.05) is 39.3 Å². The molecule has 1 saturated heterocycles. The molecular weight excluding hydrogens is 552 g/mol. The van der Waals surface area contributed by atoms with Gasteiger partial charge in [0.25, 0.3) is 0 Å². The van der Waals surface area contributed by atoms with Gasteiger partial charge in [0.1, 0.15) is 0 Å². The van der Waals surface area contributed by atoms with Crippen molar-refractivity contribution in [2.75, 3.05) is 47.1 Å². The summed E-state index contributed by atoms with van der Waals surface area (Å²) in [5, 5.41) is 14.8. The van der Waals surface area contributed by atoms with E-state index in [0.717, 1.165) is 39.0 Å². The van der Waals surface area contributed by atoms with E-state index in [1.165, 1.54) is 44.9 Å². The normalized spacial score (nSPS) is 47.5. The first kappa shape index (κ1) is 33.2. The number of rotatable bonds is 10. The zero-order valence-electron chi connectivity index (χ0n) is 29.3. The Morgan fingerprint density at radius 2 is 1.82 bits per heavy atom. The van der Waals surface area contributed by atoms with Gasteiger partial charge in [-0.05, 0) is 110 Å². The summed E-state index contributed by atoms with van der Waals surface area (Å²) in [6.45, 7) is 18.0. The molecule has 2 N–H and O–H groups in total. The second-order valence-electron chi connectivity index (χ2n) is 17.1. The molecule has 0 radical (unpaired) electrons. The number of hydrogen-bond acceptors (Lipinski definition) is 6. The maximum Gasteiger partial charge on any atom is 0.236 e. The number of nitrogens with zero attached hydrogens (tertiary/aromatic N) is 1. The molecule has 6 rings (SSSR count). The van der Waals surface area contributed by atoms with Crippen molar-refractivity contribution in [2.45, 2.75) is 130 Å². The smallest absolute Gasteiger partial charge is 0.236 e. The van der Waals surface area contributed by atoms with E-state index in [0.29, 0.717) is 47.7 Å². The number of amides is 1. The minimum absolute atomic E-state index is 0.00161. The third-order valence-electron chi connectivity index (χ3n) is 15.8. The molecular formula is C37H64N2O5. The second-order valence-corrected chi connectivity index (χ2v) is 17.1. The fraction of sp³-hybridized carbons (Fsp3) is 0.973. The predicted molar refractivity (Wildman–Crippen MR) is 173 cm³/mol. The Kier molecular flexibility index (Phi) is 8.86. The lowest BCUT2D eigenvalue weighted by Crippen LogP contribution is -2.60. The predicted octanol–water partition coefficient (Wildman–Crippen LogP) is 5.68. The summed E-state index contributed by atoms with van der Waals surface area (Å²) in [5.74, 6) is 2.59. The number of ether oxygens (including phenoxy) is 3. The Morgan fingerprint density at radius 3 is 2.52 bits per heavy atom. The number of methoxy groups -OCH3 is 1. The molecule has 5 saturated carbocycles. The minimum Gasteiger partial charge on any atom is -0.393 e. The third-order valence-corrected chi connectivity index (χ3v) is 15.8. The molecule has 12 atom stereocenters. The molecule has 7 nitrogen and oxygen atoms in total. The van der Waals surface area contributed by atoms with Crippen LogP contribution < -0.4 is 5.32 Å². The summed E-state index contributed by atoms with van der Waals surface area (Å²) >= 11 is 0. The van der Waals surface area contributed by atoms with Gasteiger partial charge >= 0.3 is 0 Å². The minimum atomic E-state index is -0.195. The number of likely N-dealkylation sites (N-methyl/N-ethyl adjacent to an activating group) is 1. The molecule has 5 aliphatic carbocycles. The maximum atomic E-state index is 12.2. The molecule has 44 heavy (non-hydrogen) atoms. The summed E-state index contributed by atoms with van der Waals surface area (Å²) in [4.78, 5) is 14.5. The van der Waals surface area contributed by atoms with Crippen LogP contribution in [-0.2, 0) is 19.0 Å². The topological polar surface area (TPSA) is 80.3 Å². The van der Waals surface area contributed by atoms with Crippen LogP contribution in [0.25, 0.3) is 0 Å². The van der Waals surface area contributed by atoms with Gasteiger partial charge in [-0.3, -0.25) is 9.69 Å². The number of morpholine rings is 1. The summed E-state index contributed by atoms with van der Waals surface area (Å²) < 4.78 is 18.5. The SMILES string of the molecule is CC[C@H](CCOC)[C@H]1C[C@H](O)[C@@]2(C)C3CC[C@H]4C(C)(C)C(OCC5CN([C@H](C)C(=O)NC)CCO5)CCC45CC35CCC12C. The van der Waals surface area contributed by atoms with E-state index < -0.39 is 0 Å². The molecule has 1 aliphatic heterocycles. The Labute approximate surface area is 267 Å². The maximum absolute atomic E-state index is 12.2. The lowest BCUT2D eigenvalue weighted by Gasteiger charge is -2.64. The molecule has 0 aromatic carbocycles. The van der Waals surface area contributed by atoms with Crippen molar-refractivity contribution in [2.24, 2.45) is 50.7 Å². The highest BCUT2D eigenvalue weighted by molar-refractivity contribution is 5.80. The Bertz CT molecular complexity index is 1070. The van der Waals surface area contributed by atoms with E-state index in [1.54, 1.807) is 7.05 Å². The van der Waals surface area contributed by atoms with Crippen LogP contribution in [-0.4, -0.2) is 87.3 Å². The van der Waals surface area contributed by atoms with Crippen LogP contribution in [0.3, 0.4) is 0 Å². The number of aliphatic hydroxyl groups is 1. The van der Waals surface area contributed by atoms with Crippen molar-refractivity contribution in [1.29, 1.82) is 0 Å². The Morgan fingerprint density at radius 1 is 1.09 bits per heavy atom. The highest BCUT2D eigenvalue weighted by Gasteiger charge is 2.83. The monoisotopic (exact) mass is 616 g/mol. The van der Waals surface area contributed by atoms with Gasteiger partial charge < -0.3 is 24.6 Å². The van der Waals surface area contributed by atoms with Gasteiger partial charge in [0.15, 0.2) is 0 Å². The first-order valence-electron chi connectivity index (χ1n) is 18.2. The highest BCUT2D eigenvalue weighted by Crippen LogP contribution is 2.89. The number of aliphatic hydroxyl groups excluding tert-OH is 1. The van der Waals surface area contributed by atoms with E-state index in [-0.39, 0.29) is 46.5 Å². The van der Waals surface area contributed by atoms with E-state index >= 15 is 0 Å². The van der Waals surface area contributed by atoms with Gasteiger partial charge in [-0.15, -0.1) is 0 Å². The van der Waals surface area contributed by atoms with Crippen molar-refractivity contribution in [3.63, 3.8) is 0 Å². The second kappa shape index (κ2) is 11.8. The molecule has 0 aromatic heterocycles. The molecule has 6 fully saturated rings. The van der Waals surface area contributed by atoms with Gasteiger partial charge in [-0.2, -0.15) is 0 Å². The fourth-order valence-electron chi connectivity index (χ4n) is 13.2. The first-order chi connectivity index (χ1) is 20.9. The molecule has 0 aromatic rings. The van der Waals surface area contributed by atoms with Crippen LogP contribution >= 0.6 is 0 Å². The average Bonchev–Trinajstić information content (AvgIpc) is 3.63. The number of fused-ring (bicyclic) bond motifs is 2. The van der Waals surface area contributed by atoms with Gasteiger partial charge in [-0.25, -0.2) is 0 Å². The molecule has 1 heterocycles. The van der Waals surface area contributed by atoms with Crippen molar-refractivity contribution in [3.8, 4) is 0 Å². The van der Waals surface area contributed by atoms with Crippen LogP contribution in [0.5, 0.6) is 0 Å². The number of nitrogens with one attached hydrogen (secondary N) is 1. The number of hydrogen-bond donors (Lipinski definition) is 2. The quantitative estimate of drug-likeness (QED) is 0.329. The van der Waals surface area contributed by atoms with Crippen molar-refractivity contribution >= 4 is 5.91 Å². The van der Waals surface area contributed by atoms with E-state index in [4.69, 9.17) is 14.2 Å². The van der Waals surface area contributed by atoms with Crippen LogP contribution in [0.1, 0.15) is 106 Å². The van der Waals surface area contributed by atoms with Gasteiger partial charge in [0.2, 0.25) is 5.91 Å². The van der Waals surface area contributed by atoms with Crippen molar-refractivity contribution in [3.05, 3.63) is 0 Å². The summed E-state index contributed by atoms with van der Waals surface area (Å²) in [5.41, 5.74) is 1.13. The van der Waals surface area contributed by atoms with Crippen LogP contribution in [0.4, 0.5) is 0 Å². The molecule has 2 spiro atoms. The van der Waals surface area contributed by atoms with Crippen molar-refractivity contribution < 1.29 is 24.1 Å². The van der Waals surface area contributed by atoms with E-state index in [1.807, 2.05) is 14.0 Å². The fourth-order valence-corrected chi connectivity index (χ4v) is 13.2. The van der Waals surface area contributed by atoms with Crippen LogP contribution in [0, 0.1) is 50.7 Å². The molecule has 7 heteroatoms. The molecule has 6 aliphatic rings. The van der Waals surface area contributed by atoms with Gasteiger partial charge in [-0.1, -0.05) is 41.0 Å². The Hall–Kier alpha value is -0.730. The zero-order chi connectivity index (χ0) is 31.7. The van der Waals surface area contributed by atoms with E-state index in [2.05, 4.69) is 44.8 Å². The standard InChI is InChI=1S/C37H64N2O5/c1-9-25(13-18-42-8)27-20-30(40)35(6)29-11-10-28-33(3,4)31(12-14-36(28)23-37(29,36)16-15-34(27,35)5)44-22-26-21-39(17-19-43-26)24(2)32(41)38-7/h24-31,40H,9-23H2,1-8H3,(H,38,41)/t24-,25-,26?,27-,28+,29?,30+,31?,34?,35-,36?,37?/m1/s1. The lowest BCUT2D eigenvalue weighted by atomic mass is 9.41. The molecule has 252 valence electrons. The van der Waals surface area contributed by atoms with Crippen LogP contribution in [0.15, 0.2) is 0 Å². The largest absolute Gasteiger partial charge is 0.393 e. The summed E-state index contributed by atoms with van der Waals surface area (Å²) in [6, 6.07) is -0.148. The first-order valence-corrected chi connectivity index (χ1v) is 18.2. The Balaban J connectivity index is 1.15. The molecule has 0 bridgehead atoms. The van der Waals surface area contributed by atoms with Gasteiger partial charge in [0.05, 0.1) is 37.6 Å². The third kappa shape index (κ3) is 4.63. The summed E-state index contributed by atoms with van der Waals surface area (Å²) in [6.07, 6.45) is 12.2. The zero-order valence-corrected chi connectivity index (χ0v) is 29.3. The molecule has 1 amide bonds. The van der Waals surface area contributed by atoms with Crippen LogP contribution in [0.2, 0.25) is 0 Å².